The Labute approximate surface area is 155 Å². The van der Waals surface area contributed by atoms with Crippen LogP contribution in [0.4, 0.5) is 0 Å². The zero-order chi connectivity index (χ0) is 18.4. The predicted octanol–water partition coefficient (Wildman–Crippen LogP) is 2.84. The maximum absolute atomic E-state index is 12.5. The van der Waals surface area contributed by atoms with E-state index in [-0.39, 0.29) is 11.8 Å². The maximum Gasteiger partial charge on any atom is 0.227 e. The minimum absolute atomic E-state index is 0.144. The maximum atomic E-state index is 12.5. The Hall–Kier alpha value is -2.62. The molecule has 1 aliphatic heterocycles. The van der Waals surface area contributed by atoms with Crippen molar-refractivity contribution >= 4 is 11.8 Å². The van der Waals surface area contributed by atoms with Crippen LogP contribution in [-0.2, 0) is 22.4 Å². The lowest BCUT2D eigenvalue weighted by Crippen LogP contribution is -2.51. The first-order valence-corrected chi connectivity index (χ1v) is 9.27. The lowest BCUT2D eigenvalue weighted by Gasteiger charge is -2.35. The van der Waals surface area contributed by atoms with Crippen molar-refractivity contribution in [2.24, 2.45) is 0 Å². The van der Waals surface area contributed by atoms with E-state index in [0.717, 1.165) is 12.0 Å². The van der Waals surface area contributed by atoms with Crippen LogP contribution in [0.5, 0.6) is 0 Å². The summed E-state index contributed by atoms with van der Waals surface area (Å²) < 4.78 is 0. The molecule has 4 heteroatoms. The van der Waals surface area contributed by atoms with E-state index in [0.29, 0.717) is 39.0 Å². The van der Waals surface area contributed by atoms with Crippen molar-refractivity contribution in [3.8, 4) is 0 Å². The molecular weight excluding hydrogens is 324 g/mol. The van der Waals surface area contributed by atoms with Crippen LogP contribution in [0.2, 0.25) is 0 Å². The fourth-order valence-electron chi connectivity index (χ4n) is 3.25. The number of piperazine rings is 1. The van der Waals surface area contributed by atoms with Crippen molar-refractivity contribution in [1.82, 2.24) is 9.80 Å². The van der Waals surface area contributed by atoms with Gasteiger partial charge < -0.3 is 9.80 Å². The molecule has 0 N–H and O–H groups in total. The highest BCUT2D eigenvalue weighted by Crippen LogP contribution is 2.10. The Bertz CT molecular complexity index is 732. The molecule has 26 heavy (non-hydrogen) atoms. The molecule has 0 unspecified atom stereocenters. The third-order valence-electron chi connectivity index (χ3n) is 4.93. The number of amides is 2. The van der Waals surface area contributed by atoms with Gasteiger partial charge in [-0.25, -0.2) is 0 Å². The van der Waals surface area contributed by atoms with Gasteiger partial charge in [-0.15, -0.1) is 0 Å². The van der Waals surface area contributed by atoms with Gasteiger partial charge in [0.15, 0.2) is 0 Å². The van der Waals surface area contributed by atoms with Crippen LogP contribution in [0, 0.1) is 6.92 Å². The van der Waals surface area contributed by atoms with Gasteiger partial charge in [0.05, 0.1) is 6.42 Å². The molecule has 0 radical (unpaired) electrons. The first kappa shape index (κ1) is 18.2. The number of nitrogens with zero attached hydrogens (tertiary/aromatic N) is 2. The van der Waals surface area contributed by atoms with Crippen LogP contribution in [0.15, 0.2) is 54.6 Å². The van der Waals surface area contributed by atoms with Gasteiger partial charge >= 0.3 is 0 Å². The SMILES string of the molecule is Cc1ccc(CC(=O)N2CCN(C(=O)CCc3ccccc3)CC2)cc1. The van der Waals surface area contributed by atoms with Crippen molar-refractivity contribution < 1.29 is 9.59 Å². The van der Waals surface area contributed by atoms with Gasteiger partial charge in [0, 0.05) is 32.6 Å². The molecule has 2 aromatic rings. The fourth-order valence-corrected chi connectivity index (χ4v) is 3.25. The summed E-state index contributed by atoms with van der Waals surface area (Å²) in [6.07, 6.45) is 1.73. The van der Waals surface area contributed by atoms with Gasteiger partial charge in [0.25, 0.3) is 0 Å². The molecule has 0 saturated carbocycles. The Balaban J connectivity index is 1.43. The molecule has 0 aromatic heterocycles. The third kappa shape index (κ3) is 4.94. The monoisotopic (exact) mass is 350 g/mol. The first-order chi connectivity index (χ1) is 12.6. The average molecular weight is 350 g/mol. The van der Waals surface area contributed by atoms with Crippen LogP contribution in [0.3, 0.4) is 0 Å². The highest BCUT2D eigenvalue weighted by atomic mass is 16.2. The molecule has 1 fully saturated rings. The van der Waals surface area contributed by atoms with Crippen molar-refractivity contribution in [2.45, 2.75) is 26.2 Å². The second-order valence-corrected chi connectivity index (χ2v) is 6.91. The van der Waals surface area contributed by atoms with Crippen LogP contribution < -0.4 is 0 Å². The molecule has 3 rings (SSSR count). The van der Waals surface area contributed by atoms with Crippen molar-refractivity contribution in [3.05, 3.63) is 71.3 Å². The summed E-state index contributed by atoms with van der Waals surface area (Å²) in [6, 6.07) is 18.2. The molecule has 2 amide bonds. The summed E-state index contributed by atoms with van der Waals surface area (Å²) in [5.41, 5.74) is 3.43. The number of carbonyl (C=O) groups excluding carboxylic acids is 2. The summed E-state index contributed by atoms with van der Waals surface area (Å²) in [7, 11) is 0. The van der Waals surface area contributed by atoms with Gasteiger partial charge in [-0.1, -0.05) is 60.2 Å². The molecule has 0 atom stereocenters. The standard InChI is InChI=1S/C22H26N2O2/c1-18-7-9-20(10-8-18)17-22(26)24-15-13-23(14-16-24)21(25)12-11-19-5-3-2-4-6-19/h2-10H,11-17H2,1H3. The molecule has 4 nitrogen and oxygen atoms in total. The average Bonchev–Trinajstić information content (AvgIpc) is 2.69. The predicted molar refractivity (Wildman–Crippen MR) is 103 cm³/mol. The topological polar surface area (TPSA) is 40.6 Å². The summed E-state index contributed by atoms with van der Waals surface area (Å²) in [5, 5.41) is 0. The number of carbonyl (C=O) groups is 2. The van der Waals surface area contributed by atoms with Gasteiger partial charge in [-0.05, 0) is 24.5 Å². The first-order valence-electron chi connectivity index (χ1n) is 9.27. The molecule has 1 aliphatic rings. The number of benzene rings is 2. The summed E-state index contributed by atoms with van der Waals surface area (Å²) in [6.45, 7) is 4.56. The molecule has 1 heterocycles. The van der Waals surface area contributed by atoms with Crippen molar-refractivity contribution in [2.75, 3.05) is 26.2 Å². The molecule has 0 aliphatic carbocycles. The summed E-state index contributed by atoms with van der Waals surface area (Å²) in [4.78, 5) is 28.6. The van der Waals surface area contributed by atoms with E-state index in [1.807, 2.05) is 59.2 Å². The van der Waals surface area contributed by atoms with E-state index < -0.39 is 0 Å². The number of hydrogen-bond donors (Lipinski definition) is 0. The van der Waals surface area contributed by atoms with Gasteiger partial charge in [0.2, 0.25) is 11.8 Å². The summed E-state index contributed by atoms with van der Waals surface area (Å²) >= 11 is 0. The molecule has 136 valence electrons. The molecular formula is C22H26N2O2. The second-order valence-electron chi connectivity index (χ2n) is 6.91. The van der Waals surface area contributed by atoms with Gasteiger partial charge in [-0.2, -0.15) is 0 Å². The Morgan fingerprint density at radius 2 is 1.35 bits per heavy atom. The number of rotatable bonds is 5. The minimum Gasteiger partial charge on any atom is -0.339 e. The molecule has 2 aromatic carbocycles. The van der Waals surface area contributed by atoms with E-state index in [4.69, 9.17) is 0 Å². The van der Waals surface area contributed by atoms with Crippen LogP contribution in [0.25, 0.3) is 0 Å². The third-order valence-corrected chi connectivity index (χ3v) is 4.93. The summed E-state index contributed by atoms with van der Waals surface area (Å²) in [5.74, 6) is 0.324. The normalized spacial score (nSPS) is 14.3. The van der Waals surface area contributed by atoms with Gasteiger partial charge in [0.1, 0.15) is 0 Å². The zero-order valence-electron chi connectivity index (χ0n) is 15.4. The number of hydrogen-bond acceptors (Lipinski definition) is 2. The zero-order valence-corrected chi connectivity index (χ0v) is 15.4. The Kier molecular flexibility index (Phi) is 6.05. The fraction of sp³-hybridized carbons (Fsp3) is 0.364. The van der Waals surface area contributed by atoms with Crippen LogP contribution in [-0.4, -0.2) is 47.8 Å². The Morgan fingerprint density at radius 1 is 0.769 bits per heavy atom. The molecule has 1 saturated heterocycles. The Morgan fingerprint density at radius 3 is 1.96 bits per heavy atom. The van der Waals surface area contributed by atoms with E-state index in [1.165, 1.54) is 11.1 Å². The van der Waals surface area contributed by atoms with Crippen LogP contribution in [0.1, 0.15) is 23.1 Å². The lowest BCUT2D eigenvalue weighted by molar-refractivity contribution is -0.139. The van der Waals surface area contributed by atoms with E-state index in [2.05, 4.69) is 12.1 Å². The van der Waals surface area contributed by atoms with Gasteiger partial charge in [-0.3, -0.25) is 9.59 Å². The highest BCUT2D eigenvalue weighted by molar-refractivity contribution is 5.80. The molecule has 0 spiro atoms. The van der Waals surface area contributed by atoms with Crippen molar-refractivity contribution in [3.63, 3.8) is 0 Å². The molecule has 0 bridgehead atoms. The second kappa shape index (κ2) is 8.65. The minimum atomic E-state index is 0.144. The highest BCUT2D eigenvalue weighted by Gasteiger charge is 2.23. The van der Waals surface area contributed by atoms with E-state index >= 15 is 0 Å². The van der Waals surface area contributed by atoms with E-state index in [9.17, 15) is 9.59 Å². The van der Waals surface area contributed by atoms with E-state index in [1.54, 1.807) is 0 Å². The number of aryl methyl sites for hydroxylation is 2. The smallest absolute Gasteiger partial charge is 0.227 e. The van der Waals surface area contributed by atoms with Crippen molar-refractivity contribution in [1.29, 1.82) is 0 Å². The largest absolute Gasteiger partial charge is 0.339 e. The quantitative estimate of drug-likeness (QED) is 0.832. The lowest BCUT2D eigenvalue weighted by atomic mass is 10.1. The van der Waals surface area contributed by atoms with Crippen LogP contribution >= 0.6 is 0 Å².